The van der Waals surface area contributed by atoms with Crippen molar-refractivity contribution >= 4 is 35.0 Å². The Morgan fingerprint density at radius 2 is 2.21 bits per heavy atom. The molecule has 1 fully saturated rings. The molecule has 0 saturated carbocycles. The zero-order chi connectivity index (χ0) is 17.7. The van der Waals surface area contributed by atoms with Gasteiger partial charge in [-0.15, -0.1) is 5.10 Å². The molecule has 2 N–H and O–H groups in total. The molecule has 1 atom stereocenters. The molecule has 0 bridgehead atoms. The number of benzene rings is 1. The molecule has 0 radical (unpaired) electrons. The fraction of sp³-hybridized carbons (Fsp3) is 0.375. The molecule has 2 rings (SSSR count). The monoisotopic (exact) mass is 349 g/mol. The quantitative estimate of drug-likeness (QED) is 0.627. The summed E-state index contributed by atoms with van der Waals surface area (Å²) >= 11 is 1.06. The van der Waals surface area contributed by atoms with E-state index in [2.05, 4.69) is 15.5 Å². The number of thioether (sulfide) groups is 1. The van der Waals surface area contributed by atoms with Crippen molar-refractivity contribution in [2.45, 2.75) is 38.0 Å². The van der Waals surface area contributed by atoms with E-state index in [1.807, 2.05) is 45.0 Å². The number of nitrogens with zero attached hydrogens (tertiary/aromatic N) is 2. The Balaban J connectivity index is 2.00. The lowest BCUT2D eigenvalue weighted by atomic mass is 10.2. The second-order valence-corrected chi connectivity index (χ2v) is 7.32. The van der Waals surface area contributed by atoms with E-state index in [1.165, 1.54) is 0 Å². The maximum atomic E-state index is 11.6. The van der Waals surface area contributed by atoms with E-state index in [0.29, 0.717) is 5.17 Å². The summed E-state index contributed by atoms with van der Waals surface area (Å²) in [4.78, 5) is 22.2. The third-order valence-corrected chi connectivity index (χ3v) is 3.85. The van der Waals surface area contributed by atoms with Gasteiger partial charge in [0.15, 0.2) is 5.17 Å². The number of amides is 1. The molecular formula is C16H19N3O4S. The molecule has 1 aromatic carbocycles. The van der Waals surface area contributed by atoms with Crippen LogP contribution in [0.4, 0.5) is 0 Å². The molecule has 128 valence electrons. The molecular weight excluding hydrogens is 330 g/mol. The summed E-state index contributed by atoms with van der Waals surface area (Å²) in [5.74, 6) is -0.663. The van der Waals surface area contributed by atoms with Crippen molar-refractivity contribution in [3.8, 4) is 5.75 Å². The van der Waals surface area contributed by atoms with Crippen LogP contribution in [0.25, 0.3) is 0 Å². The predicted octanol–water partition coefficient (Wildman–Crippen LogP) is 2.26. The fourth-order valence-electron chi connectivity index (χ4n) is 1.91. The number of carbonyl (C=O) groups excluding carboxylic acids is 1. The van der Waals surface area contributed by atoms with E-state index in [1.54, 1.807) is 6.21 Å². The summed E-state index contributed by atoms with van der Waals surface area (Å²) < 4.78 is 5.77. The van der Waals surface area contributed by atoms with E-state index < -0.39 is 11.2 Å². The second-order valence-electron chi connectivity index (χ2n) is 6.13. The van der Waals surface area contributed by atoms with Crippen LogP contribution in [0.1, 0.15) is 32.8 Å². The Kier molecular flexibility index (Phi) is 5.61. The summed E-state index contributed by atoms with van der Waals surface area (Å²) in [5, 5.41) is 18.7. The minimum atomic E-state index is -1.02. The van der Waals surface area contributed by atoms with Crippen molar-refractivity contribution in [3.05, 3.63) is 29.8 Å². The van der Waals surface area contributed by atoms with Gasteiger partial charge in [-0.3, -0.25) is 9.59 Å². The van der Waals surface area contributed by atoms with E-state index in [9.17, 15) is 9.59 Å². The highest BCUT2D eigenvalue weighted by Crippen LogP contribution is 2.22. The Bertz CT molecular complexity index is 695. The van der Waals surface area contributed by atoms with Crippen LogP contribution in [-0.2, 0) is 9.59 Å². The van der Waals surface area contributed by atoms with Crippen LogP contribution in [0.15, 0.2) is 34.5 Å². The van der Waals surface area contributed by atoms with Crippen molar-refractivity contribution in [3.63, 3.8) is 0 Å². The van der Waals surface area contributed by atoms with Gasteiger partial charge in [-0.05, 0) is 38.5 Å². The van der Waals surface area contributed by atoms with Crippen molar-refractivity contribution in [1.82, 2.24) is 5.32 Å². The van der Waals surface area contributed by atoms with Gasteiger partial charge in [-0.2, -0.15) is 5.10 Å². The Hall–Kier alpha value is -2.35. The number of amidine groups is 1. The lowest BCUT2D eigenvalue weighted by Gasteiger charge is -2.21. The summed E-state index contributed by atoms with van der Waals surface area (Å²) in [7, 11) is 0. The average Bonchev–Trinajstić information content (AvgIpc) is 2.77. The molecule has 1 heterocycles. The highest BCUT2D eigenvalue weighted by atomic mass is 32.2. The topological polar surface area (TPSA) is 100 Å². The number of hydrogen-bond acceptors (Lipinski definition) is 6. The van der Waals surface area contributed by atoms with Gasteiger partial charge in [0.25, 0.3) is 0 Å². The smallest absolute Gasteiger partial charge is 0.305 e. The lowest BCUT2D eigenvalue weighted by Crippen LogP contribution is -2.26. The molecule has 1 amide bonds. The highest BCUT2D eigenvalue weighted by molar-refractivity contribution is 8.15. The van der Waals surface area contributed by atoms with Crippen LogP contribution in [0.5, 0.6) is 5.75 Å². The second kappa shape index (κ2) is 7.48. The Labute approximate surface area is 144 Å². The van der Waals surface area contributed by atoms with Crippen LogP contribution >= 0.6 is 11.8 Å². The number of carbonyl (C=O) groups is 2. The van der Waals surface area contributed by atoms with Gasteiger partial charge in [0.1, 0.15) is 16.6 Å². The number of hydrogen-bond donors (Lipinski definition) is 2. The van der Waals surface area contributed by atoms with Crippen LogP contribution in [0, 0.1) is 0 Å². The van der Waals surface area contributed by atoms with Crippen molar-refractivity contribution in [1.29, 1.82) is 0 Å². The largest absolute Gasteiger partial charge is 0.488 e. The first-order valence-corrected chi connectivity index (χ1v) is 8.20. The molecule has 1 saturated heterocycles. The van der Waals surface area contributed by atoms with Gasteiger partial charge >= 0.3 is 5.97 Å². The van der Waals surface area contributed by atoms with Gasteiger partial charge in [0, 0.05) is 0 Å². The zero-order valence-corrected chi connectivity index (χ0v) is 14.5. The van der Waals surface area contributed by atoms with E-state index in [-0.39, 0.29) is 17.9 Å². The Morgan fingerprint density at radius 3 is 2.88 bits per heavy atom. The zero-order valence-electron chi connectivity index (χ0n) is 13.6. The van der Waals surface area contributed by atoms with Gasteiger partial charge < -0.3 is 15.2 Å². The molecule has 0 spiro atoms. The number of nitrogens with one attached hydrogen (secondary N) is 1. The number of carboxylic acid groups (broad SMARTS) is 1. The predicted molar refractivity (Wildman–Crippen MR) is 93.6 cm³/mol. The maximum absolute atomic E-state index is 11.6. The van der Waals surface area contributed by atoms with Crippen molar-refractivity contribution in [2.75, 3.05) is 0 Å². The summed E-state index contributed by atoms with van der Waals surface area (Å²) in [6.07, 6.45) is 1.30. The third-order valence-electron chi connectivity index (χ3n) is 2.77. The van der Waals surface area contributed by atoms with Crippen LogP contribution in [0.2, 0.25) is 0 Å². The minimum absolute atomic E-state index is 0.245. The number of carboxylic acids is 1. The molecule has 1 aliphatic rings. The van der Waals surface area contributed by atoms with Crippen LogP contribution in [-0.4, -0.2) is 39.2 Å². The molecule has 7 nitrogen and oxygen atoms in total. The van der Waals surface area contributed by atoms with Crippen LogP contribution < -0.4 is 10.1 Å². The highest BCUT2D eigenvalue weighted by Gasteiger charge is 2.32. The number of aliphatic carboxylic acids is 1. The van der Waals surface area contributed by atoms with Crippen molar-refractivity contribution < 1.29 is 19.4 Å². The summed E-state index contributed by atoms with van der Waals surface area (Å²) in [5.41, 5.74) is 0.511. The standard InChI is InChI=1S/C16H19N3O4S/c1-16(2,3)23-11-6-4-5-10(7-11)9-17-19-15-18-14(22)12(24-15)8-13(20)21/h4-7,9,12H,8H2,1-3H3,(H,20,21)(H,18,19,22). The third kappa shape index (κ3) is 5.69. The molecule has 0 aliphatic carbocycles. The first-order valence-electron chi connectivity index (χ1n) is 7.32. The lowest BCUT2D eigenvalue weighted by molar-refractivity contribution is -0.138. The van der Waals surface area contributed by atoms with E-state index in [0.717, 1.165) is 23.1 Å². The Morgan fingerprint density at radius 1 is 1.46 bits per heavy atom. The van der Waals surface area contributed by atoms with Crippen LogP contribution in [0.3, 0.4) is 0 Å². The number of rotatable bonds is 5. The van der Waals surface area contributed by atoms with Gasteiger partial charge in [0.05, 0.1) is 12.6 Å². The number of ether oxygens (including phenoxy) is 1. The van der Waals surface area contributed by atoms with Crippen molar-refractivity contribution in [2.24, 2.45) is 10.2 Å². The molecule has 1 aliphatic heterocycles. The molecule has 24 heavy (non-hydrogen) atoms. The summed E-state index contributed by atoms with van der Waals surface area (Å²) in [6, 6.07) is 7.40. The minimum Gasteiger partial charge on any atom is -0.488 e. The average molecular weight is 349 g/mol. The maximum Gasteiger partial charge on any atom is 0.305 e. The normalized spacial score (nSPS) is 19.7. The molecule has 1 aromatic rings. The SMILES string of the molecule is CC(C)(C)Oc1cccc(C=NN=C2NC(=O)C(CC(=O)O)S2)c1. The summed E-state index contributed by atoms with van der Waals surface area (Å²) in [6.45, 7) is 5.90. The van der Waals surface area contributed by atoms with Gasteiger partial charge in [0.2, 0.25) is 5.91 Å². The molecule has 1 unspecified atom stereocenters. The first kappa shape index (κ1) is 18.0. The molecule has 0 aromatic heterocycles. The van der Waals surface area contributed by atoms with E-state index in [4.69, 9.17) is 9.84 Å². The van der Waals surface area contributed by atoms with Gasteiger partial charge in [-0.1, -0.05) is 23.9 Å². The first-order chi connectivity index (χ1) is 11.2. The van der Waals surface area contributed by atoms with Gasteiger partial charge in [-0.25, -0.2) is 0 Å². The van der Waals surface area contributed by atoms with E-state index >= 15 is 0 Å². The molecule has 8 heteroatoms. The fourth-order valence-corrected chi connectivity index (χ4v) is 2.82.